The molecule has 2 aromatic rings. The van der Waals surface area contributed by atoms with E-state index in [0.717, 1.165) is 0 Å². The van der Waals surface area contributed by atoms with Crippen molar-refractivity contribution >= 4 is 36.4 Å². The van der Waals surface area contributed by atoms with Crippen LogP contribution in [-0.2, 0) is 14.8 Å². The van der Waals surface area contributed by atoms with Gasteiger partial charge in [0.1, 0.15) is 11.6 Å². The first-order valence-electron chi connectivity index (χ1n) is 7.84. The predicted octanol–water partition coefficient (Wildman–Crippen LogP) is -0.0227. The van der Waals surface area contributed by atoms with E-state index in [1.165, 1.54) is 10.9 Å². The largest absolute Gasteiger partial charge is 0.469 e. The number of nitrogen functional groups attached to an aromatic ring is 1. The molecule has 0 amide bonds. The van der Waals surface area contributed by atoms with Crippen molar-refractivity contribution in [3.8, 4) is 0 Å². The number of fused-ring (bicyclic) bond motifs is 2. The number of phosphoric acid groups is 1. The van der Waals surface area contributed by atoms with Crippen LogP contribution in [0.4, 0.5) is 5.82 Å². The second-order valence-electron chi connectivity index (χ2n) is 6.88. The first-order valence-corrected chi connectivity index (χ1v) is 9.75. The molecule has 142 valence electrons. The van der Waals surface area contributed by atoms with Gasteiger partial charge in [-0.05, 0) is 30.4 Å². The van der Waals surface area contributed by atoms with Crippen LogP contribution in [0.5, 0.6) is 0 Å². The minimum Gasteiger partial charge on any atom is -0.387 e. The molecule has 2 aliphatic carbocycles. The fraction of sp³-hybridized carbons (Fsp3) is 0.615. The van der Waals surface area contributed by atoms with Gasteiger partial charge >= 0.3 is 7.82 Å². The summed E-state index contributed by atoms with van der Waals surface area (Å²) < 4.78 is 17.0. The van der Waals surface area contributed by atoms with Gasteiger partial charge in [-0.1, -0.05) is 0 Å². The summed E-state index contributed by atoms with van der Waals surface area (Å²) in [7, 11) is -4.70. The molecule has 2 aliphatic rings. The van der Waals surface area contributed by atoms with E-state index < -0.39 is 25.1 Å². The summed E-state index contributed by atoms with van der Waals surface area (Å²) in [5, 5.41) is 22.0. The molecule has 11 nitrogen and oxygen atoms in total. The predicted molar refractivity (Wildman–Crippen MR) is 88.7 cm³/mol. The molecule has 0 aliphatic heterocycles. The number of imidazole rings is 1. The van der Waals surface area contributed by atoms with Crippen LogP contribution in [0.15, 0.2) is 6.33 Å². The second-order valence-corrected chi connectivity index (χ2v) is 8.46. The Labute approximate surface area is 152 Å². The minimum absolute atomic E-state index is 0.0392. The maximum absolute atomic E-state index is 11.3. The number of rotatable bonds is 4. The van der Waals surface area contributed by atoms with Gasteiger partial charge in [-0.2, -0.15) is 9.97 Å². The average Bonchev–Trinajstić information content (AvgIpc) is 3.00. The van der Waals surface area contributed by atoms with Crippen LogP contribution in [0.25, 0.3) is 11.2 Å². The molecular formula is C13H17ClN5O6P. The van der Waals surface area contributed by atoms with Gasteiger partial charge in [0.25, 0.3) is 0 Å². The molecule has 2 aromatic heterocycles. The summed E-state index contributed by atoms with van der Waals surface area (Å²) in [5.41, 5.74) is 3.41. The molecule has 0 bridgehead atoms. The van der Waals surface area contributed by atoms with E-state index in [1.807, 2.05) is 0 Å². The zero-order valence-corrected chi connectivity index (χ0v) is 15.0. The SMILES string of the molecule is Nc1nc(Cl)nc2c1ncn2C1(O)C[C@@H]2CC[C@@]2(COP(=O)(O)O)C1O. The Morgan fingerprint density at radius 2 is 2.19 bits per heavy atom. The van der Waals surface area contributed by atoms with Crippen LogP contribution in [0.3, 0.4) is 0 Å². The molecule has 2 heterocycles. The fourth-order valence-electron chi connectivity index (χ4n) is 4.20. The van der Waals surface area contributed by atoms with Crippen LogP contribution in [0.2, 0.25) is 5.28 Å². The smallest absolute Gasteiger partial charge is 0.387 e. The Morgan fingerprint density at radius 3 is 2.81 bits per heavy atom. The number of nitrogens with zero attached hydrogens (tertiary/aromatic N) is 4. The van der Waals surface area contributed by atoms with Crippen LogP contribution >= 0.6 is 19.4 Å². The summed E-state index contributed by atoms with van der Waals surface area (Å²) in [5.74, 6) is -0.140. The number of aliphatic hydroxyl groups excluding tert-OH is 1. The Balaban J connectivity index is 1.75. The van der Waals surface area contributed by atoms with E-state index in [4.69, 9.17) is 27.1 Å². The molecule has 6 N–H and O–H groups in total. The number of anilines is 1. The molecule has 2 saturated carbocycles. The highest BCUT2D eigenvalue weighted by molar-refractivity contribution is 7.46. The third-order valence-electron chi connectivity index (χ3n) is 5.62. The highest BCUT2D eigenvalue weighted by atomic mass is 35.5. The first kappa shape index (κ1) is 18.1. The zero-order chi connectivity index (χ0) is 18.9. The lowest BCUT2D eigenvalue weighted by Gasteiger charge is -2.46. The van der Waals surface area contributed by atoms with Crippen LogP contribution in [0, 0.1) is 11.3 Å². The van der Waals surface area contributed by atoms with E-state index in [2.05, 4.69) is 19.5 Å². The maximum atomic E-state index is 11.3. The molecule has 13 heteroatoms. The summed E-state index contributed by atoms with van der Waals surface area (Å²) >= 11 is 5.84. The molecule has 0 aromatic carbocycles. The normalized spacial score (nSPS) is 34.0. The van der Waals surface area contributed by atoms with E-state index in [1.54, 1.807) is 0 Å². The highest BCUT2D eigenvalue weighted by Crippen LogP contribution is 2.63. The first-order chi connectivity index (χ1) is 12.1. The van der Waals surface area contributed by atoms with Crippen molar-refractivity contribution < 1.29 is 29.1 Å². The van der Waals surface area contributed by atoms with Gasteiger partial charge in [-0.15, -0.1) is 0 Å². The molecule has 2 fully saturated rings. The maximum Gasteiger partial charge on any atom is 0.469 e. The number of hydrogen-bond acceptors (Lipinski definition) is 8. The van der Waals surface area contributed by atoms with Gasteiger partial charge in [0.05, 0.1) is 12.9 Å². The summed E-state index contributed by atoms with van der Waals surface area (Å²) in [6.45, 7) is -0.365. The number of halogens is 1. The van der Waals surface area contributed by atoms with Crippen LogP contribution in [-0.4, -0.2) is 52.2 Å². The van der Waals surface area contributed by atoms with E-state index >= 15 is 0 Å². The summed E-state index contributed by atoms with van der Waals surface area (Å²) in [4.78, 5) is 29.9. The van der Waals surface area contributed by atoms with Crippen molar-refractivity contribution in [3.63, 3.8) is 0 Å². The van der Waals surface area contributed by atoms with Crippen molar-refractivity contribution in [2.75, 3.05) is 12.3 Å². The Morgan fingerprint density at radius 1 is 1.46 bits per heavy atom. The summed E-state index contributed by atoms with van der Waals surface area (Å²) in [6.07, 6.45) is 1.23. The van der Waals surface area contributed by atoms with Crippen LogP contribution in [0.1, 0.15) is 19.3 Å². The molecule has 4 rings (SSSR count). The van der Waals surface area contributed by atoms with Gasteiger partial charge in [-0.25, -0.2) is 9.55 Å². The standard InChI is InChI=1S/C13H17ClN5O6P/c14-11-17-8(15)7-9(18-11)19(5-16-7)13(21)3-6-1-2-12(6,10(13)20)4-25-26(22,23)24/h5-6,10,20-21H,1-4H2,(H2,15,17,18)(H2,22,23,24)/t6-,10?,12-,13?/m0/s1. The number of aliphatic hydroxyl groups is 2. The topological polar surface area (TPSA) is 177 Å². The van der Waals surface area contributed by atoms with Gasteiger partial charge in [0.2, 0.25) is 5.28 Å². The zero-order valence-electron chi connectivity index (χ0n) is 13.4. The number of hydrogen-bond donors (Lipinski definition) is 5. The van der Waals surface area contributed by atoms with E-state index in [-0.39, 0.29) is 41.2 Å². The monoisotopic (exact) mass is 405 g/mol. The van der Waals surface area contributed by atoms with Crippen molar-refractivity contribution in [1.29, 1.82) is 0 Å². The van der Waals surface area contributed by atoms with Crippen molar-refractivity contribution in [1.82, 2.24) is 19.5 Å². The molecule has 26 heavy (non-hydrogen) atoms. The fourth-order valence-corrected chi connectivity index (χ4v) is 4.78. The Hall–Kier alpha value is -1.33. The molecule has 0 saturated heterocycles. The number of nitrogens with two attached hydrogens (primary N) is 1. The van der Waals surface area contributed by atoms with E-state index in [0.29, 0.717) is 12.8 Å². The summed E-state index contributed by atoms with van der Waals surface area (Å²) in [6, 6.07) is 0. The Bertz CT molecular complexity index is 935. The number of phosphoric ester groups is 1. The average molecular weight is 406 g/mol. The van der Waals surface area contributed by atoms with Crippen molar-refractivity contribution in [2.24, 2.45) is 11.3 Å². The Kier molecular flexibility index (Phi) is 3.88. The molecule has 2 unspecified atom stereocenters. The highest BCUT2D eigenvalue weighted by Gasteiger charge is 2.67. The van der Waals surface area contributed by atoms with Crippen LogP contribution < -0.4 is 5.73 Å². The third-order valence-corrected chi connectivity index (χ3v) is 6.25. The third kappa shape index (κ3) is 2.47. The number of aromatic nitrogens is 4. The van der Waals surface area contributed by atoms with Gasteiger partial charge in [-0.3, -0.25) is 9.09 Å². The van der Waals surface area contributed by atoms with Gasteiger partial charge < -0.3 is 25.7 Å². The molecule has 0 radical (unpaired) electrons. The lowest BCUT2D eigenvalue weighted by Crippen LogP contribution is -2.52. The van der Waals surface area contributed by atoms with Gasteiger partial charge in [0.15, 0.2) is 17.2 Å². The van der Waals surface area contributed by atoms with Crippen molar-refractivity contribution in [2.45, 2.75) is 31.1 Å². The van der Waals surface area contributed by atoms with E-state index in [9.17, 15) is 14.8 Å². The molecule has 0 spiro atoms. The quantitative estimate of drug-likeness (QED) is 0.343. The lowest BCUT2D eigenvalue weighted by molar-refractivity contribution is -0.161. The minimum atomic E-state index is -4.70. The molecular weight excluding hydrogens is 389 g/mol. The lowest BCUT2D eigenvalue weighted by atomic mass is 9.61. The second kappa shape index (κ2) is 5.59. The van der Waals surface area contributed by atoms with Gasteiger partial charge in [0, 0.05) is 11.8 Å². The van der Waals surface area contributed by atoms with Crippen molar-refractivity contribution in [3.05, 3.63) is 11.6 Å². The molecule has 4 atom stereocenters.